The maximum absolute atomic E-state index is 14.0. The molecule has 0 radical (unpaired) electrons. The SMILES string of the molecule is C#Cc1cccc(C2(NC[C@H](O)[C@H](Cc3cc(F)cc(F)c3)NC(=O)c3cc(C)cc(CN(C)CCC(C)C)c3)CC2)c1. The average Bonchev–Trinajstić information content (AvgIpc) is 3.75. The third kappa shape index (κ3) is 9.21. The van der Waals surface area contributed by atoms with Gasteiger partial charge in [0, 0.05) is 35.8 Å². The number of halogens is 2. The van der Waals surface area contributed by atoms with Crippen LogP contribution in [0.3, 0.4) is 0 Å². The van der Waals surface area contributed by atoms with Gasteiger partial charge in [-0.1, -0.05) is 43.5 Å². The van der Waals surface area contributed by atoms with Crippen LogP contribution < -0.4 is 10.6 Å². The van der Waals surface area contributed by atoms with Gasteiger partial charge >= 0.3 is 0 Å². The van der Waals surface area contributed by atoms with Crippen LogP contribution in [0.1, 0.15) is 71.3 Å². The summed E-state index contributed by atoms with van der Waals surface area (Å²) in [6.07, 6.45) is 7.47. The number of carbonyl (C=O) groups excluding carboxylic acids is 1. The lowest BCUT2D eigenvalue weighted by atomic mass is 9.98. The fourth-order valence-corrected chi connectivity index (χ4v) is 5.51. The van der Waals surface area contributed by atoms with Gasteiger partial charge in [-0.2, -0.15) is 0 Å². The number of hydrogen-bond donors (Lipinski definition) is 3. The molecule has 0 bridgehead atoms. The molecule has 4 rings (SSSR count). The molecule has 1 aliphatic rings. The highest BCUT2D eigenvalue weighted by Gasteiger charge is 2.44. The number of amides is 1. The number of aliphatic hydroxyl groups is 1. The van der Waals surface area contributed by atoms with Crippen LogP contribution >= 0.6 is 0 Å². The zero-order valence-corrected chi connectivity index (χ0v) is 25.6. The molecule has 0 unspecified atom stereocenters. The molecule has 1 fully saturated rings. The van der Waals surface area contributed by atoms with Crippen LogP contribution in [0, 0.1) is 36.8 Å². The number of benzene rings is 3. The van der Waals surface area contributed by atoms with Crippen LogP contribution in [0.15, 0.2) is 60.7 Å². The number of rotatable bonds is 14. The molecule has 0 aliphatic heterocycles. The summed E-state index contributed by atoms with van der Waals surface area (Å²) in [5.74, 6) is 1.51. The summed E-state index contributed by atoms with van der Waals surface area (Å²) in [6.45, 7) is 8.17. The molecule has 3 N–H and O–H groups in total. The van der Waals surface area contributed by atoms with Crippen molar-refractivity contribution < 1.29 is 18.7 Å². The summed E-state index contributed by atoms with van der Waals surface area (Å²) >= 11 is 0. The van der Waals surface area contributed by atoms with E-state index in [-0.39, 0.29) is 24.4 Å². The largest absolute Gasteiger partial charge is 0.390 e. The Morgan fingerprint density at radius 2 is 1.79 bits per heavy atom. The van der Waals surface area contributed by atoms with Gasteiger partial charge in [0.25, 0.3) is 5.91 Å². The molecule has 228 valence electrons. The number of aliphatic hydroxyl groups excluding tert-OH is 1. The van der Waals surface area contributed by atoms with Crippen molar-refractivity contribution in [2.24, 2.45) is 5.92 Å². The molecular weight excluding hydrogens is 544 g/mol. The number of terminal acetylenes is 1. The maximum Gasteiger partial charge on any atom is 0.251 e. The molecule has 2 atom stereocenters. The van der Waals surface area contributed by atoms with Crippen LogP contribution in [-0.4, -0.2) is 48.2 Å². The van der Waals surface area contributed by atoms with Gasteiger partial charge < -0.3 is 20.6 Å². The molecule has 0 spiro atoms. The number of hydrogen-bond acceptors (Lipinski definition) is 4. The number of nitrogens with one attached hydrogen (secondary N) is 2. The first-order valence-corrected chi connectivity index (χ1v) is 15.0. The number of carbonyl (C=O) groups is 1. The summed E-state index contributed by atoms with van der Waals surface area (Å²) < 4.78 is 28.1. The predicted octanol–water partition coefficient (Wildman–Crippen LogP) is 5.71. The minimum Gasteiger partial charge on any atom is -0.390 e. The zero-order chi connectivity index (χ0) is 31.1. The quantitative estimate of drug-likeness (QED) is 0.211. The Hall–Kier alpha value is -3.57. The van der Waals surface area contributed by atoms with Gasteiger partial charge in [0.05, 0.1) is 12.1 Å². The maximum atomic E-state index is 14.0. The summed E-state index contributed by atoms with van der Waals surface area (Å²) in [5.41, 5.74) is 4.33. The van der Waals surface area contributed by atoms with E-state index in [2.05, 4.69) is 48.4 Å². The van der Waals surface area contributed by atoms with Gasteiger partial charge in [0.1, 0.15) is 11.6 Å². The van der Waals surface area contributed by atoms with Crippen molar-refractivity contribution in [2.75, 3.05) is 20.1 Å². The third-order valence-electron chi connectivity index (χ3n) is 8.08. The summed E-state index contributed by atoms with van der Waals surface area (Å²) in [4.78, 5) is 15.8. The lowest BCUT2D eigenvalue weighted by Gasteiger charge is -2.27. The topological polar surface area (TPSA) is 64.6 Å². The number of nitrogens with zero attached hydrogens (tertiary/aromatic N) is 1. The third-order valence-corrected chi connectivity index (χ3v) is 8.08. The normalized spacial score (nSPS) is 15.3. The highest BCUT2D eigenvalue weighted by atomic mass is 19.1. The predicted molar refractivity (Wildman–Crippen MR) is 168 cm³/mol. The van der Waals surface area contributed by atoms with E-state index in [4.69, 9.17) is 6.42 Å². The minimum atomic E-state index is -1.03. The van der Waals surface area contributed by atoms with Crippen LogP contribution in [0.2, 0.25) is 0 Å². The van der Waals surface area contributed by atoms with E-state index >= 15 is 0 Å². The summed E-state index contributed by atoms with van der Waals surface area (Å²) in [5, 5.41) is 17.8. The van der Waals surface area contributed by atoms with Gasteiger partial charge in [-0.15, -0.1) is 6.42 Å². The van der Waals surface area contributed by atoms with Crippen LogP contribution in [-0.2, 0) is 18.5 Å². The van der Waals surface area contributed by atoms with E-state index in [0.717, 1.165) is 54.1 Å². The van der Waals surface area contributed by atoms with Crippen molar-refractivity contribution in [1.29, 1.82) is 0 Å². The molecule has 0 saturated heterocycles. The molecule has 0 heterocycles. The van der Waals surface area contributed by atoms with E-state index in [1.54, 1.807) is 0 Å². The molecular formula is C36H43F2N3O2. The van der Waals surface area contributed by atoms with E-state index in [0.29, 0.717) is 23.6 Å². The van der Waals surface area contributed by atoms with Crippen molar-refractivity contribution in [3.8, 4) is 12.3 Å². The Kier molecular flexibility index (Phi) is 10.7. The van der Waals surface area contributed by atoms with E-state index in [1.807, 2.05) is 43.3 Å². The molecule has 3 aromatic rings. The lowest BCUT2D eigenvalue weighted by molar-refractivity contribution is 0.0821. The Labute approximate surface area is 254 Å². The highest BCUT2D eigenvalue weighted by molar-refractivity contribution is 5.94. The Bertz CT molecular complexity index is 1440. The molecule has 5 nitrogen and oxygen atoms in total. The fourth-order valence-electron chi connectivity index (χ4n) is 5.51. The van der Waals surface area contributed by atoms with Gasteiger partial charge in [-0.05, 0) is 105 Å². The molecule has 0 aromatic heterocycles. The van der Waals surface area contributed by atoms with Crippen molar-refractivity contribution in [1.82, 2.24) is 15.5 Å². The highest BCUT2D eigenvalue weighted by Crippen LogP contribution is 2.45. The number of aryl methyl sites for hydroxylation is 1. The van der Waals surface area contributed by atoms with Crippen LogP contribution in [0.5, 0.6) is 0 Å². The van der Waals surface area contributed by atoms with Crippen LogP contribution in [0.25, 0.3) is 0 Å². The Morgan fingerprint density at radius 3 is 2.44 bits per heavy atom. The first-order chi connectivity index (χ1) is 20.5. The lowest BCUT2D eigenvalue weighted by Crippen LogP contribution is -2.50. The second-order valence-corrected chi connectivity index (χ2v) is 12.4. The van der Waals surface area contributed by atoms with E-state index in [9.17, 15) is 18.7 Å². The summed E-state index contributed by atoms with van der Waals surface area (Å²) in [7, 11) is 2.07. The molecule has 43 heavy (non-hydrogen) atoms. The van der Waals surface area contributed by atoms with Gasteiger partial charge in [0.15, 0.2) is 0 Å². The van der Waals surface area contributed by atoms with Crippen molar-refractivity contribution in [2.45, 2.75) is 70.7 Å². The first kappa shape index (κ1) is 32.3. The van der Waals surface area contributed by atoms with Crippen molar-refractivity contribution in [3.05, 3.63) is 106 Å². The van der Waals surface area contributed by atoms with Gasteiger partial charge in [-0.3, -0.25) is 4.79 Å². The summed E-state index contributed by atoms with van der Waals surface area (Å²) in [6, 6.07) is 16.0. The minimum absolute atomic E-state index is 0.0550. The Morgan fingerprint density at radius 1 is 1.07 bits per heavy atom. The average molecular weight is 588 g/mol. The van der Waals surface area contributed by atoms with E-state index < -0.39 is 23.8 Å². The van der Waals surface area contributed by atoms with Crippen LogP contribution in [0.4, 0.5) is 8.78 Å². The van der Waals surface area contributed by atoms with Gasteiger partial charge in [0.2, 0.25) is 0 Å². The smallest absolute Gasteiger partial charge is 0.251 e. The van der Waals surface area contributed by atoms with E-state index in [1.165, 1.54) is 12.1 Å². The Balaban J connectivity index is 1.51. The molecule has 1 aliphatic carbocycles. The zero-order valence-electron chi connectivity index (χ0n) is 25.6. The van der Waals surface area contributed by atoms with Crippen molar-refractivity contribution in [3.63, 3.8) is 0 Å². The monoisotopic (exact) mass is 587 g/mol. The fraction of sp³-hybridized carbons (Fsp3) is 0.417. The molecule has 1 amide bonds. The van der Waals surface area contributed by atoms with Crippen molar-refractivity contribution >= 4 is 5.91 Å². The first-order valence-electron chi connectivity index (χ1n) is 15.0. The van der Waals surface area contributed by atoms with Gasteiger partial charge in [-0.25, -0.2) is 8.78 Å². The molecule has 3 aromatic carbocycles. The standard InChI is InChI=1S/C36H43F2N3O2/c1-6-26-8-7-9-30(17-26)36(11-12-36)39-22-34(42)33(20-27-18-31(37)21-32(38)19-27)40-35(43)29-15-25(4)14-28(16-29)23-41(5)13-10-24(2)3/h1,7-9,14-19,21,24,33-34,39,42H,10-13,20,22-23H2,2-5H3,(H,40,43)/t33-,34-/m0/s1. The second kappa shape index (κ2) is 14.3. The molecule has 7 heteroatoms. The second-order valence-electron chi connectivity index (χ2n) is 12.4. The molecule has 1 saturated carbocycles.